The summed E-state index contributed by atoms with van der Waals surface area (Å²) in [4.78, 5) is 22.7. The van der Waals surface area contributed by atoms with Crippen LogP contribution in [0.2, 0.25) is 0 Å². The number of benzene rings is 1. The molecule has 116 valence electrons. The van der Waals surface area contributed by atoms with Crippen LogP contribution in [0.1, 0.15) is 25.3 Å². The fourth-order valence-electron chi connectivity index (χ4n) is 2.39. The normalized spacial score (nSPS) is 16.0. The summed E-state index contributed by atoms with van der Waals surface area (Å²) in [5.74, 6) is -1.83. The van der Waals surface area contributed by atoms with Crippen molar-refractivity contribution >= 4 is 11.9 Å². The molecule has 1 aromatic carbocycles. The summed E-state index contributed by atoms with van der Waals surface area (Å²) in [6.45, 7) is 2.05. The predicted molar refractivity (Wildman–Crippen MR) is 80.6 cm³/mol. The molecule has 0 atom stereocenters. The molecule has 0 heterocycles. The number of carboxylic acid groups (broad SMARTS) is 2. The van der Waals surface area contributed by atoms with Gasteiger partial charge in [0, 0.05) is 6.42 Å². The molecule has 0 radical (unpaired) electrons. The Morgan fingerprint density at radius 1 is 1.23 bits per heavy atom. The van der Waals surface area contributed by atoms with E-state index in [1.165, 1.54) is 12.2 Å². The van der Waals surface area contributed by atoms with Gasteiger partial charge in [0.05, 0.1) is 0 Å². The molecule has 0 saturated carbocycles. The molecule has 0 bridgehead atoms. The Morgan fingerprint density at radius 2 is 1.91 bits per heavy atom. The number of ether oxygens (including phenoxy) is 1. The zero-order chi connectivity index (χ0) is 16.2. The lowest BCUT2D eigenvalue weighted by molar-refractivity contribution is -0.161. The molecule has 5 heteroatoms. The lowest BCUT2D eigenvalue weighted by Gasteiger charge is -2.25. The Bertz CT molecular complexity index is 628. The van der Waals surface area contributed by atoms with Crippen LogP contribution < -0.4 is 4.74 Å². The predicted octanol–water partition coefficient (Wildman–Crippen LogP) is 3.02. The molecule has 5 nitrogen and oxygen atoms in total. The maximum atomic E-state index is 11.4. The van der Waals surface area contributed by atoms with Gasteiger partial charge in [0.25, 0.3) is 0 Å². The van der Waals surface area contributed by atoms with Crippen LogP contribution in [0.3, 0.4) is 0 Å². The van der Waals surface area contributed by atoms with E-state index in [1.54, 1.807) is 12.1 Å². The molecule has 0 spiro atoms. The Labute approximate surface area is 128 Å². The highest BCUT2D eigenvalue weighted by Crippen LogP contribution is 2.34. The van der Waals surface area contributed by atoms with E-state index in [4.69, 9.17) is 4.74 Å². The first-order valence-corrected chi connectivity index (χ1v) is 7.10. The number of aliphatic carboxylic acids is 2. The lowest BCUT2D eigenvalue weighted by atomic mass is 9.81. The summed E-state index contributed by atoms with van der Waals surface area (Å²) in [6, 6.07) is 7.48. The van der Waals surface area contributed by atoms with Crippen molar-refractivity contribution in [3.8, 4) is 5.75 Å². The Morgan fingerprint density at radius 3 is 2.55 bits per heavy atom. The molecule has 22 heavy (non-hydrogen) atoms. The zero-order valence-electron chi connectivity index (χ0n) is 12.3. The van der Waals surface area contributed by atoms with Crippen molar-refractivity contribution in [3.05, 3.63) is 53.8 Å². The van der Waals surface area contributed by atoms with Gasteiger partial charge in [0.1, 0.15) is 11.5 Å². The van der Waals surface area contributed by atoms with Gasteiger partial charge in [-0.2, -0.15) is 0 Å². The van der Waals surface area contributed by atoms with Gasteiger partial charge in [-0.05, 0) is 24.1 Å². The number of para-hydroxylation sites is 1. The second-order valence-corrected chi connectivity index (χ2v) is 5.21. The second-order valence-electron chi connectivity index (χ2n) is 5.21. The molecule has 0 aromatic heterocycles. The first kappa shape index (κ1) is 15.8. The quantitative estimate of drug-likeness (QED) is 0.789. The molecule has 0 fully saturated rings. The van der Waals surface area contributed by atoms with E-state index in [9.17, 15) is 19.8 Å². The van der Waals surface area contributed by atoms with Crippen LogP contribution in [0.15, 0.2) is 48.3 Å². The number of carboxylic acids is 2. The number of hydrogen-bond acceptors (Lipinski definition) is 3. The zero-order valence-corrected chi connectivity index (χ0v) is 12.3. The van der Waals surface area contributed by atoms with Gasteiger partial charge >= 0.3 is 11.9 Å². The van der Waals surface area contributed by atoms with Gasteiger partial charge in [-0.15, -0.1) is 0 Å². The Kier molecular flexibility index (Phi) is 4.65. The largest absolute Gasteiger partial charge is 0.480 e. The van der Waals surface area contributed by atoms with Crippen LogP contribution in [0, 0.1) is 5.41 Å². The van der Waals surface area contributed by atoms with E-state index in [-0.39, 0.29) is 6.42 Å². The third kappa shape index (κ3) is 3.03. The molecule has 1 aliphatic carbocycles. The molecule has 0 aliphatic heterocycles. The third-order valence-electron chi connectivity index (χ3n) is 3.61. The van der Waals surface area contributed by atoms with Gasteiger partial charge in [-0.3, -0.25) is 9.59 Å². The van der Waals surface area contributed by atoms with Crippen molar-refractivity contribution in [2.75, 3.05) is 0 Å². The fraction of sp³-hybridized carbons (Fsp3) is 0.294. The van der Waals surface area contributed by atoms with Crippen molar-refractivity contribution in [2.45, 2.75) is 26.2 Å². The van der Waals surface area contributed by atoms with Crippen LogP contribution in [0.5, 0.6) is 5.75 Å². The summed E-state index contributed by atoms with van der Waals surface area (Å²) in [6.07, 6.45) is 5.78. The number of hydrogen-bond donors (Lipinski definition) is 2. The molecule has 0 unspecified atom stereocenters. The molecular formula is C17H18O5. The van der Waals surface area contributed by atoms with Crippen molar-refractivity contribution < 1.29 is 24.5 Å². The van der Waals surface area contributed by atoms with Crippen LogP contribution in [-0.2, 0) is 16.0 Å². The van der Waals surface area contributed by atoms with Crippen molar-refractivity contribution in [1.82, 2.24) is 0 Å². The molecule has 1 aromatic rings. The third-order valence-corrected chi connectivity index (χ3v) is 3.61. The average Bonchev–Trinajstić information content (AvgIpc) is 2.49. The Hall–Kier alpha value is -2.56. The minimum atomic E-state index is -1.97. The highest BCUT2D eigenvalue weighted by molar-refractivity contribution is 6.01. The maximum Gasteiger partial charge on any atom is 0.325 e. The molecular weight excluding hydrogens is 284 g/mol. The number of aryl methyl sites for hydroxylation is 1. The highest BCUT2D eigenvalue weighted by Gasteiger charge is 2.46. The fourth-order valence-corrected chi connectivity index (χ4v) is 2.39. The smallest absolute Gasteiger partial charge is 0.325 e. The molecule has 0 amide bonds. The van der Waals surface area contributed by atoms with E-state index < -0.39 is 17.4 Å². The minimum absolute atomic E-state index is 0.214. The van der Waals surface area contributed by atoms with Crippen LogP contribution in [0.25, 0.3) is 0 Å². The summed E-state index contributed by atoms with van der Waals surface area (Å²) >= 11 is 0. The number of allylic oxidation sites excluding steroid dienone is 3. The summed E-state index contributed by atoms with van der Waals surface area (Å²) < 4.78 is 5.78. The van der Waals surface area contributed by atoms with Gasteiger partial charge < -0.3 is 14.9 Å². The van der Waals surface area contributed by atoms with E-state index in [0.29, 0.717) is 11.5 Å². The topological polar surface area (TPSA) is 83.8 Å². The SMILES string of the molecule is CCCc1ccccc1OC1=CC=CC(C(=O)O)(C(=O)O)C1. The van der Waals surface area contributed by atoms with Gasteiger partial charge in [0.15, 0.2) is 5.41 Å². The van der Waals surface area contributed by atoms with Gasteiger partial charge in [-0.25, -0.2) is 0 Å². The Balaban J connectivity index is 2.25. The number of rotatable bonds is 6. The second kappa shape index (κ2) is 6.47. The maximum absolute atomic E-state index is 11.4. The first-order valence-electron chi connectivity index (χ1n) is 7.10. The van der Waals surface area contributed by atoms with Gasteiger partial charge in [-0.1, -0.05) is 43.7 Å². The molecule has 2 N–H and O–H groups in total. The van der Waals surface area contributed by atoms with Crippen LogP contribution in [-0.4, -0.2) is 22.2 Å². The van der Waals surface area contributed by atoms with Crippen molar-refractivity contribution in [3.63, 3.8) is 0 Å². The van der Waals surface area contributed by atoms with Crippen molar-refractivity contribution in [1.29, 1.82) is 0 Å². The summed E-state index contributed by atoms with van der Waals surface area (Å²) in [5.41, 5.74) is -0.958. The molecule has 2 rings (SSSR count). The van der Waals surface area contributed by atoms with Gasteiger partial charge in [0.2, 0.25) is 0 Å². The van der Waals surface area contributed by atoms with Crippen LogP contribution >= 0.6 is 0 Å². The molecule has 0 saturated heterocycles. The monoisotopic (exact) mass is 302 g/mol. The van der Waals surface area contributed by atoms with E-state index in [1.807, 2.05) is 18.2 Å². The number of carbonyl (C=O) groups is 2. The highest BCUT2D eigenvalue weighted by atomic mass is 16.5. The lowest BCUT2D eigenvalue weighted by Crippen LogP contribution is -2.39. The van der Waals surface area contributed by atoms with E-state index in [2.05, 4.69) is 6.92 Å². The minimum Gasteiger partial charge on any atom is -0.480 e. The summed E-state index contributed by atoms with van der Waals surface area (Å²) in [5, 5.41) is 18.5. The van der Waals surface area contributed by atoms with Crippen LogP contribution in [0.4, 0.5) is 0 Å². The summed E-state index contributed by atoms with van der Waals surface area (Å²) in [7, 11) is 0. The average molecular weight is 302 g/mol. The molecule has 1 aliphatic rings. The standard InChI is InChI=1S/C17H18O5/c1-2-6-12-7-3-4-9-14(12)22-13-8-5-10-17(11-13,15(18)19)16(20)21/h3-5,7-10H,2,6,11H2,1H3,(H,18,19)(H,20,21). The first-order chi connectivity index (χ1) is 10.5. The van der Waals surface area contributed by atoms with E-state index >= 15 is 0 Å². The van der Waals surface area contributed by atoms with Crippen molar-refractivity contribution in [2.24, 2.45) is 5.41 Å². The van der Waals surface area contributed by atoms with E-state index in [0.717, 1.165) is 18.4 Å².